The predicted octanol–water partition coefficient (Wildman–Crippen LogP) is 4.43. The Hall–Kier alpha value is -3.36. The molecule has 158 valence electrons. The largest absolute Gasteiger partial charge is 0.471 e. The highest BCUT2D eigenvalue weighted by Crippen LogP contribution is 2.22. The van der Waals surface area contributed by atoms with Crippen LogP contribution >= 0.6 is 23.2 Å². The molecule has 1 N–H and O–H groups in total. The molecule has 8 nitrogen and oxygen atoms in total. The minimum Gasteiger partial charge on any atom is -0.471 e. The van der Waals surface area contributed by atoms with Gasteiger partial charge in [-0.05, 0) is 48.4 Å². The van der Waals surface area contributed by atoms with E-state index in [4.69, 9.17) is 27.9 Å². The van der Waals surface area contributed by atoms with E-state index in [1.54, 1.807) is 29.1 Å². The van der Waals surface area contributed by atoms with Crippen molar-refractivity contribution in [2.24, 2.45) is 0 Å². The van der Waals surface area contributed by atoms with Gasteiger partial charge in [0, 0.05) is 16.2 Å². The van der Waals surface area contributed by atoms with Crippen molar-refractivity contribution in [3.8, 4) is 5.75 Å². The second-order valence-electron chi connectivity index (χ2n) is 6.73. The Morgan fingerprint density at radius 1 is 1.10 bits per heavy atom. The SMILES string of the molecule is Cc1cc(Cl)ccc1OCn1ccc(C(=O)Nc2ncn(Cc3ccccc3Cl)n2)n1. The first-order valence-electron chi connectivity index (χ1n) is 9.34. The molecule has 0 radical (unpaired) electrons. The Balaban J connectivity index is 1.35. The number of halogens is 2. The first-order chi connectivity index (χ1) is 15.0. The summed E-state index contributed by atoms with van der Waals surface area (Å²) in [6.07, 6.45) is 3.18. The molecule has 2 heterocycles. The number of amides is 1. The van der Waals surface area contributed by atoms with Crippen LogP contribution in [0.25, 0.3) is 0 Å². The summed E-state index contributed by atoms with van der Waals surface area (Å²) >= 11 is 12.1. The number of carbonyl (C=O) groups is 1. The molecule has 1 amide bonds. The zero-order valence-electron chi connectivity index (χ0n) is 16.5. The Labute approximate surface area is 188 Å². The summed E-state index contributed by atoms with van der Waals surface area (Å²) < 4.78 is 8.85. The lowest BCUT2D eigenvalue weighted by molar-refractivity contribution is 0.101. The van der Waals surface area contributed by atoms with Crippen LogP contribution in [-0.2, 0) is 13.3 Å². The number of carbonyl (C=O) groups excluding carboxylic acids is 1. The van der Waals surface area contributed by atoms with E-state index in [1.165, 1.54) is 11.0 Å². The third-order valence-corrected chi connectivity index (χ3v) is 5.02. The summed E-state index contributed by atoms with van der Waals surface area (Å²) in [5, 5.41) is 12.4. The van der Waals surface area contributed by atoms with Crippen LogP contribution in [0.4, 0.5) is 5.95 Å². The summed E-state index contributed by atoms with van der Waals surface area (Å²) in [4.78, 5) is 16.6. The summed E-state index contributed by atoms with van der Waals surface area (Å²) in [5.74, 6) is 0.454. The van der Waals surface area contributed by atoms with E-state index in [1.807, 2.05) is 37.3 Å². The number of ether oxygens (including phenoxy) is 1. The van der Waals surface area contributed by atoms with Gasteiger partial charge in [-0.15, -0.1) is 5.10 Å². The lowest BCUT2D eigenvalue weighted by Gasteiger charge is -2.09. The van der Waals surface area contributed by atoms with Crippen molar-refractivity contribution in [3.63, 3.8) is 0 Å². The number of nitrogens with one attached hydrogen (secondary N) is 1. The lowest BCUT2D eigenvalue weighted by Crippen LogP contribution is -2.15. The van der Waals surface area contributed by atoms with E-state index >= 15 is 0 Å². The highest BCUT2D eigenvalue weighted by atomic mass is 35.5. The fourth-order valence-corrected chi connectivity index (χ4v) is 3.28. The quantitative estimate of drug-likeness (QED) is 0.444. The fraction of sp³-hybridized carbons (Fsp3) is 0.143. The van der Waals surface area contributed by atoms with Crippen molar-refractivity contribution in [3.05, 3.63) is 87.9 Å². The van der Waals surface area contributed by atoms with Crippen LogP contribution in [-0.4, -0.2) is 30.5 Å². The molecule has 0 spiro atoms. The van der Waals surface area contributed by atoms with Gasteiger partial charge in [0.2, 0.25) is 5.95 Å². The van der Waals surface area contributed by atoms with Gasteiger partial charge in [0.25, 0.3) is 5.91 Å². The van der Waals surface area contributed by atoms with Crippen LogP contribution in [0.2, 0.25) is 10.0 Å². The molecule has 0 saturated carbocycles. The van der Waals surface area contributed by atoms with Crippen LogP contribution in [0.5, 0.6) is 5.75 Å². The van der Waals surface area contributed by atoms with Gasteiger partial charge in [0.15, 0.2) is 12.4 Å². The van der Waals surface area contributed by atoms with Gasteiger partial charge in [0.1, 0.15) is 12.1 Å². The van der Waals surface area contributed by atoms with E-state index in [2.05, 4.69) is 20.5 Å². The average molecular weight is 457 g/mol. The van der Waals surface area contributed by atoms with Crippen molar-refractivity contribution in [2.45, 2.75) is 20.2 Å². The van der Waals surface area contributed by atoms with Crippen molar-refractivity contribution in [1.29, 1.82) is 0 Å². The molecular formula is C21H18Cl2N6O2. The molecule has 0 aliphatic rings. The van der Waals surface area contributed by atoms with Crippen LogP contribution in [0, 0.1) is 6.92 Å². The minimum atomic E-state index is -0.420. The molecule has 0 aliphatic carbocycles. The Bertz CT molecular complexity index is 1220. The van der Waals surface area contributed by atoms with E-state index in [-0.39, 0.29) is 18.4 Å². The predicted molar refractivity (Wildman–Crippen MR) is 118 cm³/mol. The molecule has 0 atom stereocenters. The van der Waals surface area contributed by atoms with Gasteiger partial charge in [0.05, 0.1) is 6.54 Å². The molecule has 0 fully saturated rings. The molecule has 2 aromatic carbocycles. The molecule has 4 aromatic rings. The first kappa shape index (κ1) is 20.9. The summed E-state index contributed by atoms with van der Waals surface area (Å²) in [7, 11) is 0. The summed E-state index contributed by atoms with van der Waals surface area (Å²) in [5.41, 5.74) is 2.04. The fourth-order valence-electron chi connectivity index (χ4n) is 2.86. The van der Waals surface area contributed by atoms with Crippen molar-refractivity contribution >= 4 is 35.1 Å². The Morgan fingerprint density at radius 3 is 2.74 bits per heavy atom. The van der Waals surface area contributed by atoms with E-state index < -0.39 is 5.91 Å². The van der Waals surface area contributed by atoms with Gasteiger partial charge in [-0.3, -0.25) is 10.1 Å². The normalized spacial score (nSPS) is 10.8. The zero-order valence-corrected chi connectivity index (χ0v) is 18.0. The average Bonchev–Trinajstić information content (AvgIpc) is 3.39. The molecule has 4 rings (SSSR count). The minimum absolute atomic E-state index is 0.153. The van der Waals surface area contributed by atoms with E-state index in [0.29, 0.717) is 22.3 Å². The lowest BCUT2D eigenvalue weighted by atomic mass is 10.2. The standard InChI is InChI=1S/C21H18Cl2N6O2/c1-14-10-16(22)6-7-19(14)31-13-28-9-8-18(26-28)20(30)25-21-24-12-29(27-21)11-15-4-2-3-5-17(15)23/h2-10,12H,11,13H2,1H3,(H,25,27,30). The van der Waals surface area contributed by atoms with Crippen LogP contribution in [0.15, 0.2) is 61.1 Å². The molecule has 0 bridgehead atoms. The van der Waals surface area contributed by atoms with Gasteiger partial charge in [-0.2, -0.15) is 5.10 Å². The summed E-state index contributed by atoms with van der Waals surface area (Å²) in [6, 6.07) is 14.4. The van der Waals surface area contributed by atoms with Gasteiger partial charge < -0.3 is 4.74 Å². The second kappa shape index (κ2) is 9.20. The third kappa shape index (κ3) is 5.22. The van der Waals surface area contributed by atoms with Crippen LogP contribution in [0.1, 0.15) is 21.6 Å². The molecule has 10 heteroatoms. The highest BCUT2D eigenvalue weighted by molar-refractivity contribution is 6.31. The molecule has 2 aromatic heterocycles. The number of aromatic nitrogens is 5. The first-order valence-corrected chi connectivity index (χ1v) is 10.1. The van der Waals surface area contributed by atoms with Crippen molar-refractivity contribution < 1.29 is 9.53 Å². The third-order valence-electron chi connectivity index (χ3n) is 4.41. The maximum Gasteiger partial charge on any atom is 0.278 e. The van der Waals surface area contributed by atoms with E-state index in [9.17, 15) is 4.79 Å². The number of anilines is 1. The van der Waals surface area contributed by atoms with Crippen LogP contribution in [0.3, 0.4) is 0 Å². The maximum atomic E-state index is 12.5. The molecule has 31 heavy (non-hydrogen) atoms. The number of hydrogen-bond acceptors (Lipinski definition) is 5. The number of rotatable bonds is 7. The maximum absolute atomic E-state index is 12.5. The van der Waals surface area contributed by atoms with E-state index in [0.717, 1.165) is 11.1 Å². The van der Waals surface area contributed by atoms with Gasteiger partial charge in [-0.25, -0.2) is 14.3 Å². The smallest absolute Gasteiger partial charge is 0.278 e. The molecule has 0 unspecified atom stereocenters. The molecule has 0 aliphatic heterocycles. The Morgan fingerprint density at radius 2 is 1.94 bits per heavy atom. The van der Waals surface area contributed by atoms with Crippen LogP contribution < -0.4 is 10.1 Å². The van der Waals surface area contributed by atoms with Crippen molar-refractivity contribution in [1.82, 2.24) is 24.5 Å². The Kier molecular flexibility index (Phi) is 6.20. The summed E-state index contributed by atoms with van der Waals surface area (Å²) in [6.45, 7) is 2.50. The highest BCUT2D eigenvalue weighted by Gasteiger charge is 2.13. The topological polar surface area (TPSA) is 86.9 Å². The molecular weight excluding hydrogens is 439 g/mol. The monoisotopic (exact) mass is 456 g/mol. The van der Waals surface area contributed by atoms with Gasteiger partial charge in [-0.1, -0.05) is 41.4 Å². The second-order valence-corrected chi connectivity index (χ2v) is 7.58. The van der Waals surface area contributed by atoms with Gasteiger partial charge >= 0.3 is 0 Å². The zero-order chi connectivity index (χ0) is 21.8. The number of benzene rings is 2. The number of nitrogens with zero attached hydrogens (tertiary/aromatic N) is 5. The number of aryl methyl sites for hydroxylation is 1. The van der Waals surface area contributed by atoms with Crippen molar-refractivity contribution in [2.75, 3.05) is 5.32 Å². The molecule has 0 saturated heterocycles. The number of hydrogen-bond donors (Lipinski definition) is 1.